The van der Waals surface area contributed by atoms with E-state index in [2.05, 4.69) is 220 Å². The molecule has 0 N–H and O–H groups in total. The highest BCUT2D eigenvalue weighted by atomic mass is 15.1. The molecule has 0 aromatic heterocycles. The van der Waals surface area contributed by atoms with Gasteiger partial charge < -0.3 is 4.90 Å². The minimum Gasteiger partial charge on any atom is -0.310 e. The van der Waals surface area contributed by atoms with Gasteiger partial charge in [-0.3, -0.25) is 0 Å². The van der Waals surface area contributed by atoms with Crippen LogP contribution in [0.5, 0.6) is 0 Å². The highest BCUT2D eigenvalue weighted by Crippen LogP contribution is 2.63. The molecule has 0 atom stereocenters. The molecule has 1 nitrogen and oxygen atoms in total. The lowest BCUT2D eigenvalue weighted by Gasteiger charge is -2.32. The summed E-state index contributed by atoms with van der Waals surface area (Å²) >= 11 is 0. The molecule has 258 valence electrons. The third-order valence-corrected chi connectivity index (χ3v) is 11.7. The van der Waals surface area contributed by atoms with E-state index in [1.54, 1.807) is 0 Å². The van der Waals surface area contributed by atoms with Crippen molar-refractivity contribution in [1.29, 1.82) is 0 Å². The Morgan fingerprint density at radius 1 is 0.333 bits per heavy atom. The Kier molecular flexibility index (Phi) is 7.35. The summed E-state index contributed by atoms with van der Waals surface area (Å²) in [6.07, 6.45) is 0. The van der Waals surface area contributed by atoms with Gasteiger partial charge >= 0.3 is 0 Å². The summed E-state index contributed by atoms with van der Waals surface area (Å²) in [5.41, 5.74) is 19.9. The highest BCUT2D eigenvalue weighted by molar-refractivity contribution is 5.96. The van der Waals surface area contributed by atoms with Crippen molar-refractivity contribution in [2.45, 2.75) is 31.6 Å². The largest absolute Gasteiger partial charge is 0.310 e. The van der Waals surface area contributed by atoms with Crippen LogP contribution in [0.15, 0.2) is 194 Å². The van der Waals surface area contributed by atoms with E-state index in [4.69, 9.17) is 0 Å². The second kappa shape index (κ2) is 12.3. The molecular formula is C53H41N. The molecular weight excluding hydrogens is 651 g/mol. The number of rotatable bonds is 5. The van der Waals surface area contributed by atoms with Crippen LogP contribution >= 0.6 is 0 Å². The third kappa shape index (κ3) is 4.92. The number of nitrogens with zero attached hydrogens (tertiary/aromatic N) is 1. The quantitative estimate of drug-likeness (QED) is 0.174. The average molecular weight is 692 g/mol. The van der Waals surface area contributed by atoms with Gasteiger partial charge in [-0.05, 0) is 114 Å². The number of anilines is 3. The predicted octanol–water partition coefficient (Wildman–Crippen LogP) is 14.1. The van der Waals surface area contributed by atoms with Crippen molar-refractivity contribution in [3.05, 3.63) is 222 Å². The van der Waals surface area contributed by atoms with E-state index >= 15 is 0 Å². The van der Waals surface area contributed by atoms with Crippen LogP contribution in [0.25, 0.3) is 44.5 Å². The van der Waals surface area contributed by atoms with Crippen LogP contribution in [-0.2, 0) is 10.8 Å². The molecule has 0 amide bonds. The first-order valence-electron chi connectivity index (χ1n) is 19.0. The molecule has 0 saturated heterocycles. The maximum Gasteiger partial charge on any atom is 0.0725 e. The van der Waals surface area contributed by atoms with Gasteiger partial charge in [0.05, 0.1) is 5.41 Å². The molecule has 0 radical (unpaired) electrons. The Hall–Kier alpha value is -6.44. The van der Waals surface area contributed by atoms with Gasteiger partial charge in [-0.1, -0.05) is 178 Å². The zero-order chi connectivity index (χ0) is 36.4. The molecule has 8 aromatic rings. The Bertz CT molecular complexity index is 2530. The Balaban J connectivity index is 1.18. The van der Waals surface area contributed by atoms with Gasteiger partial charge in [-0.25, -0.2) is 0 Å². The molecule has 54 heavy (non-hydrogen) atoms. The minimum atomic E-state index is -0.392. The summed E-state index contributed by atoms with van der Waals surface area (Å²) in [5.74, 6) is 0. The summed E-state index contributed by atoms with van der Waals surface area (Å²) in [7, 11) is 0. The number of benzene rings is 8. The van der Waals surface area contributed by atoms with Crippen LogP contribution in [0.2, 0.25) is 0 Å². The van der Waals surface area contributed by atoms with Gasteiger partial charge in [-0.15, -0.1) is 0 Å². The van der Waals surface area contributed by atoms with E-state index in [0.717, 1.165) is 17.1 Å². The molecule has 0 bridgehead atoms. The summed E-state index contributed by atoms with van der Waals surface area (Å²) in [6.45, 7) is 6.96. The van der Waals surface area contributed by atoms with Gasteiger partial charge in [-0.2, -0.15) is 0 Å². The topological polar surface area (TPSA) is 3.24 Å². The van der Waals surface area contributed by atoms with Gasteiger partial charge in [0.15, 0.2) is 0 Å². The molecule has 0 fully saturated rings. The average Bonchev–Trinajstić information content (AvgIpc) is 3.68. The Morgan fingerprint density at radius 3 is 1.28 bits per heavy atom. The normalized spacial score (nSPS) is 13.2. The zero-order valence-electron chi connectivity index (χ0n) is 30.9. The molecule has 0 saturated carbocycles. The second-order valence-corrected chi connectivity index (χ2v) is 15.7. The maximum absolute atomic E-state index is 2.51. The highest BCUT2D eigenvalue weighted by Gasteiger charge is 2.52. The molecule has 2 aliphatic carbocycles. The molecule has 1 spiro atoms. The maximum atomic E-state index is 2.51. The SMILES string of the molecule is CC(C)(C)c1ccc2c(c1)C1(c3ccccc3-c3ccccc31)c1ccc(N(c3ccc(-c4ccccc4)cc3)c3ccc(-c4ccccc4)cc3)cc1-2. The van der Waals surface area contributed by atoms with E-state index in [9.17, 15) is 0 Å². The van der Waals surface area contributed by atoms with Gasteiger partial charge in [0, 0.05) is 17.1 Å². The van der Waals surface area contributed by atoms with Crippen molar-refractivity contribution in [2.75, 3.05) is 4.90 Å². The van der Waals surface area contributed by atoms with Crippen LogP contribution in [0, 0.1) is 0 Å². The molecule has 0 aliphatic heterocycles. The Morgan fingerprint density at radius 2 is 0.759 bits per heavy atom. The van der Waals surface area contributed by atoms with Gasteiger partial charge in [0.1, 0.15) is 0 Å². The fourth-order valence-corrected chi connectivity index (χ4v) is 9.05. The first-order chi connectivity index (χ1) is 26.4. The lowest BCUT2D eigenvalue weighted by atomic mass is 9.69. The van der Waals surface area contributed by atoms with E-state index in [1.807, 2.05) is 0 Å². The van der Waals surface area contributed by atoms with Crippen molar-refractivity contribution < 1.29 is 0 Å². The third-order valence-electron chi connectivity index (χ3n) is 11.7. The van der Waals surface area contributed by atoms with Crippen LogP contribution in [0.1, 0.15) is 48.6 Å². The standard InChI is InChI=1S/C53H41N/c1-52(2,3)40-26-32-46-47-35-43(31-33-50(47)53(51(46)34-40)48-20-12-10-18-44(48)45-19-11-13-21-49(45)53)54(41-27-22-38(23-28-41)36-14-6-4-7-15-36)42-29-24-39(25-30-42)37-16-8-5-9-17-37/h4-35H,1-3H3. The molecule has 0 heterocycles. The number of hydrogen-bond donors (Lipinski definition) is 0. The number of fused-ring (bicyclic) bond motifs is 10. The Labute approximate surface area is 318 Å². The summed E-state index contributed by atoms with van der Waals surface area (Å²) in [6, 6.07) is 71.9. The van der Waals surface area contributed by atoms with Crippen molar-refractivity contribution in [3.63, 3.8) is 0 Å². The van der Waals surface area contributed by atoms with Crippen molar-refractivity contribution in [2.24, 2.45) is 0 Å². The van der Waals surface area contributed by atoms with Crippen LogP contribution in [0.4, 0.5) is 17.1 Å². The van der Waals surface area contributed by atoms with Gasteiger partial charge in [0.25, 0.3) is 0 Å². The van der Waals surface area contributed by atoms with Gasteiger partial charge in [0.2, 0.25) is 0 Å². The summed E-state index contributed by atoms with van der Waals surface area (Å²) in [5, 5.41) is 0. The summed E-state index contributed by atoms with van der Waals surface area (Å²) in [4.78, 5) is 2.41. The van der Waals surface area contributed by atoms with E-state index in [1.165, 1.54) is 72.3 Å². The molecule has 0 unspecified atom stereocenters. The van der Waals surface area contributed by atoms with Crippen molar-refractivity contribution in [1.82, 2.24) is 0 Å². The predicted molar refractivity (Wildman–Crippen MR) is 227 cm³/mol. The molecule has 8 aromatic carbocycles. The van der Waals surface area contributed by atoms with Crippen LogP contribution < -0.4 is 4.90 Å². The van der Waals surface area contributed by atoms with E-state index in [-0.39, 0.29) is 5.41 Å². The first kappa shape index (κ1) is 32.2. The molecule has 2 aliphatic rings. The number of hydrogen-bond acceptors (Lipinski definition) is 1. The van der Waals surface area contributed by atoms with E-state index < -0.39 is 5.41 Å². The minimum absolute atomic E-state index is 0.0163. The monoisotopic (exact) mass is 691 g/mol. The second-order valence-electron chi connectivity index (χ2n) is 15.7. The fourth-order valence-electron chi connectivity index (χ4n) is 9.05. The van der Waals surface area contributed by atoms with Crippen molar-refractivity contribution >= 4 is 17.1 Å². The molecule has 10 rings (SSSR count). The fraction of sp³-hybridized carbons (Fsp3) is 0.0943. The summed E-state index contributed by atoms with van der Waals surface area (Å²) < 4.78 is 0. The molecule has 1 heteroatoms. The van der Waals surface area contributed by atoms with Crippen LogP contribution in [-0.4, -0.2) is 0 Å². The smallest absolute Gasteiger partial charge is 0.0725 e. The zero-order valence-corrected chi connectivity index (χ0v) is 30.9. The lowest BCUT2D eigenvalue weighted by Crippen LogP contribution is -2.26. The lowest BCUT2D eigenvalue weighted by molar-refractivity contribution is 0.588. The van der Waals surface area contributed by atoms with E-state index in [0.29, 0.717) is 0 Å². The van der Waals surface area contributed by atoms with Crippen LogP contribution in [0.3, 0.4) is 0 Å². The van der Waals surface area contributed by atoms with Crippen molar-refractivity contribution in [3.8, 4) is 44.5 Å². The first-order valence-corrected chi connectivity index (χ1v) is 19.0.